The molecular weight excluding hydrogens is 338 g/mol. The van der Waals surface area contributed by atoms with Gasteiger partial charge in [0.25, 0.3) is 5.91 Å². The number of fused-ring (bicyclic) bond motifs is 1. The minimum Gasteiger partial charge on any atom is -0.384 e. The summed E-state index contributed by atoms with van der Waals surface area (Å²) in [6, 6.07) is 9.73. The fraction of sp³-hybridized carbons (Fsp3) is 0.409. The summed E-state index contributed by atoms with van der Waals surface area (Å²) in [6.45, 7) is 3.12. The monoisotopic (exact) mass is 363 g/mol. The van der Waals surface area contributed by atoms with Crippen LogP contribution < -0.4 is 10.6 Å². The Morgan fingerprint density at radius 2 is 2.11 bits per heavy atom. The molecule has 140 valence electrons. The highest BCUT2D eigenvalue weighted by Crippen LogP contribution is 2.41. The Labute approximate surface area is 159 Å². The van der Waals surface area contributed by atoms with E-state index < -0.39 is 0 Å². The Kier molecular flexibility index (Phi) is 4.68. The van der Waals surface area contributed by atoms with E-state index in [-0.39, 0.29) is 11.7 Å². The molecule has 0 bridgehead atoms. The maximum atomic E-state index is 12.7. The van der Waals surface area contributed by atoms with Gasteiger partial charge in [-0.15, -0.1) is 0 Å². The molecular formula is C22H25N3O2. The number of rotatable bonds is 6. The highest BCUT2D eigenvalue weighted by molar-refractivity contribution is 6.00. The molecule has 1 amide bonds. The first kappa shape index (κ1) is 17.7. The number of hydrogen-bond acceptors (Lipinski definition) is 4. The third kappa shape index (κ3) is 3.72. The molecule has 2 N–H and O–H groups in total. The van der Waals surface area contributed by atoms with Crippen molar-refractivity contribution in [3.8, 4) is 0 Å². The van der Waals surface area contributed by atoms with Crippen LogP contribution in [0.25, 0.3) is 0 Å². The van der Waals surface area contributed by atoms with Crippen molar-refractivity contribution in [2.75, 3.05) is 18.9 Å². The van der Waals surface area contributed by atoms with E-state index in [4.69, 9.17) is 0 Å². The minimum absolute atomic E-state index is 0.109. The number of ketones is 1. The third-order valence-corrected chi connectivity index (χ3v) is 5.72. The molecule has 4 rings (SSSR count). The molecule has 1 aromatic heterocycles. The van der Waals surface area contributed by atoms with Gasteiger partial charge in [0, 0.05) is 43.4 Å². The zero-order valence-electron chi connectivity index (χ0n) is 15.8. The molecule has 0 saturated heterocycles. The van der Waals surface area contributed by atoms with Gasteiger partial charge in [-0.25, -0.2) is 4.98 Å². The van der Waals surface area contributed by atoms with Crippen molar-refractivity contribution in [1.29, 1.82) is 0 Å². The van der Waals surface area contributed by atoms with Crippen LogP contribution in [0.2, 0.25) is 0 Å². The first-order valence-corrected chi connectivity index (χ1v) is 9.66. The van der Waals surface area contributed by atoms with E-state index in [0.717, 1.165) is 25.1 Å². The average molecular weight is 363 g/mol. The number of benzene rings is 1. The van der Waals surface area contributed by atoms with E-state index in [1.54, 1.807) is 13.1 Å². The predicted molar refractivity (Wildman–Crippen MR) is 105 cm³/mol. The summed E-state index contributed by atoms with van der Waals surface area (Å²) in [5.41, 5.74) is 5.37. The molecule has 5 heteroatoms. The van der Waals surface area contributed by atoms with Gasteiger partial charge in [0.05, 0.1) is 0 Å². The van der Waals surface area contributed by atoms with Gasteiger partial charge in [-0.3, -0.25) is 9.59 Å². The topological polar surface area (TPSA) is 71.1 Å². The number of nitrogens with one attached hydrogen (secondary N) is 2. The van der Waals surface area contributed by atoms with Gasteiger partial charge < -0.3 is 10.6 Å². The van der Waals surface area contributed by atoms with Crippen molar-refractivity contribution in [3.63, 3.8) is 0 Å². The summed E-state index contributed by atoms with van der Waals surface area (Å²) in [7, 11) is 1.58. The van der Waals surface area contributed by atoms with Crippen molar-refractivity contribution in [3.05, 3.63) is 58.4 Å². The number of carbonyl (C=O) groups is 2. The standard InChI is InChI=1S/C22H25N3O2/c1-13-8-15(13)12-21(26)16-10-17(25-20(11-16)22(27)23-2)9-14-4-3-5-19-18(14)6-7-24-19/h3-5,10-11,13,15,24H,6-9,12H2,1-2H3,(H,23,27)/t13-,15+/m0/s1. The van der Waals surface area contributed by atoms with Gasteiger partial charge in [0.2, 0.25) is 0 Å². The van der Waals surface area contributed by atoms with Gasteiger partial charge in [-0.1, -0.05) is 19.1 Å². The number of aromatic nitrogens is 1. The van der Waals surface area contributed by atoms with Crippen LogP contribution in [0.5, 0.6) is 0 Å². The lowest BCUT2D eigenvalue weighted by atomic mass is 9.98. The highest BCUT2D eigenvalue weighted by Gasteiger charge is 2.34. The van der Waals surface area contributed by atoms with Gasteiger partial charge in [0.15, 0.2) is 5.78 Å². The molecule has 1 aliphatic carbocycles. The summed E-state index contributed by atoms with van der Waals surface area (Å²) in [5, 5.41) is 6.01. The highest BCUT2D eigenvalue weighted by atomic mass is 16.1. The molecule has 1 aliphatic heterocycles. The van der Waals surface area contributed by atoms with Crippen LogP contribution in [-0.2, 0) is 12.8 Å². The fourth-order valence-corrected chi connectivity index (χ4v) is 3.90. The number of pyridine rings is 1. The summed E-state index contributed by atoms with van der Waals surface area (Å²) < 4.78 is 0. The smallest absolute Gasteiger partial charge is 0.269 e. The second-order valence-electron chi connectivity index (χ2n) is 7.71. The SMILES string of the molecule is CNC(=O)c1cc(C(=O)C[C@H]2C[C@@H]2C)cc(Cc2cccc3c2CCN3)n1. The fourth-order valence-electron chi connectivity index (χ4n) is 3.90. The molecule has 0 radical (unpaired) electrons. The Morgan fingerprint density at radius 3 is 2.85 bits per heavy atom. The Hall–Kier alpha value is -2.69. The molecule has 2 aliphatic rings. The van der Waals surface area contributed by atoms with E-state index in [0.29, 0.717) is 35.9 Å². The normalized spacial score (nSPS) is 19.9. The second kappa shape index (κ2) is 7.14. The number of nitrogens with zero attached hydrogens (tertiary/aromatic N) is 1. The number of Topliss-reactive ketones (excluding diaryl/α,β-unsaturated/α-hetero) is 1. The molecule has 1 saturated carbocycles. The van der Waals surface area contributed by atoms with Crippen LogP contribution >= 0.6 is 0 Å². The zero-order chi connectivity index (χ0) is 19.0. The largest absolute Gasteiger partial charge is 0.384 e. The Bertz CT molecular complexity index is 906. The van der Waals surface area contributed by atoms with Gasteiger partial charge in [-0.05, 0) is 54.0 Å². The lowest BCUT2D eigenvalue weighted by Crippen LogP contribution is -2.21. The maximum absolute atomic E-state index is 12.7. The van der Waals surface area contributed by atoms with Crippen molar-refractivity contribution in [2.45, 2.75) is 32.6 Å². The predicted octanol–water partition coefficient (Wildman–Crippen LogP) is 3.23. The summed E-state index contributed by atoms with van der Waals surface area (Å²) in [4.78, 5) is 29.4. The van der Waals surface area contributed by atoms with E-state index in [1.807, 2.05) is 12.1 Å². The molecule has 1 aromatic carbocycles. The molecule has 2 atom stereocenters. The van der Waals surface area contributed by atoms with Gasteiger partial charge in [-0.2, -0.15) is 0 Å². The Balaban J connectivity index is 1.65. The van der Waals surface area contributed by atoms with E-state index in [2.05, 4.69) is 34.7 Å². The Morgan fingerprint density at radius 1 is 1.30 bits per heavy atom. The summed E-state index contributed by atoms with van der Waals surface area (Å²) in [5.74, 6) is 0.970. The second-order valence-corrected chi connectivity index (χ2v) is 7.71. The number of anilines is 1. The van der Waals surface area contributed by atoms with Crippen LogP contribution in [0.1, 0.15) is 57.4 Å². The molecule has 2 heterocycles. The summed E-state index contributed by atoms with van der Waals surface area (Å²) in [6.07, 6.45) is 3.29. The molecule has 0 unspecified atom stereocenters. The van der Waals surface area contributed by atoms with E-state index >= 15 is 0 Å². The lowest BCUT2D eigenvalue weighted by molar-refractivity contribution is 0.0958. The molecule has 0 spiro atoms. The third-order valence-electron chi connectivity index (χ3n) is 5.72. The van der Waals surface area contributed by atoms with Crippen LogP contribution in [-0.4, -0.2) is 30.3 Å². The number of hydrogen-bond donors (Lipinski definition) is 2. The van der Waals surface area contributed by atoms with Crippen molar-refractivity contribution in [1.82, 2.24) is 10.3 Å². The quantitative estimate of drug-likeness (QED) is 0.773. The van der Waals surface area contributed by atoms with Crippen LogP contribution in [0.15, 0.2) is 30.3 Å². The average Bonchev–Trinajstić information content (AvgIpc) is 3.16. The zero-order valence-corrected chi connectivity index (χ0v) is 15.8. The molecule has 1 fully saturated rings. The molecule has 27 heavy (non-hydrogen) atoms. The molecule has 2 aromatic rings. The van der Waals surface area contributed by atoms with Gasteiger partial charge in [0.1, 0.15) is 5.69 Å². The van der Waals surface area contributed by atoms with Crippen molar-refractivity contribution in [2.24, 2.45) is 11.8 Å². The van der Waals surface area contributed by atoms with Crippen LogP contribution in [0, 0.1) is 11.8 Å². The first-order chi connectivity index (χ1) is 13.0. The minimum atomic E-state index is -0.259. The lowest BCUT2D eigenvalue weighted by Gasteiger charge is -2.11. The number of carbonyl (C=O) groups excluding carboxylic acids is 2. The first-order valence-electron chi connectivity index (χ1n) is 9.66. The van der Waals surface area contributed by atoms with Crippen LogP contribution in [0.4, 0.5) is 5.69 Å². The van der Waals surface area contributed by atoms with E-state index in [9.17, 15) is 9.59 Å². The van der Waals surface area contributed by atoms with E-state index in [1.165, 1.54) is 16.8 Å². The van der Waals surface area contributed by atoms with Crippen molar-refractivity contribution >= 4 is 17.4 Å². The molecule has 5 nitrogen and oxygen atoms in total. The maximum Gasteiger partial charge on any atom is 0.269 e. The number of amides is 1. The van der Waals surface area contributed by atoms with Gasteiger partial charge >= 0.3 is 0 Å². The van der Waals surface area contributed by atoms with Crippen molar-refractivity contribution < 1.29 is 9.59 Å². The van der Waals surface area contributed by atoms with Crippen LogP contribution in [0.3, 0.4) is 0 Å². The summed E-state index contributed by atoms with van der Waals surface area (Å²) >= 11 is 0.